The molecule has 26 heavy (non-hydrogen) atoms. The van der Waals surface area contributed by atoms with Gasteiger partial charge in [0.2, 0.25) is 0 Å². The third-order valence-electron chi connectivity index (χ3n) is 4.16. The van der Waals surface area contributed by atoms with Gasteiger partial charge in [-0.25, -0.2) is 4.79 Å². The molecule has 0 spiro atoms. The molecule has 0 N–H and O–H groups in total. The van der Waals surface area contributed by atoms with Crippen LogP contribution in [0.3, 0.4) is 0 Å². The van der Waals surface area contributed by atoms with Crippen LogP contribution in [-0.2, 0) is 4.79 Å². The van der Waals surface area contributed by atoms with Gasteiger partial charge in [0, 0.05) is 16.8 Å². The average Bonchev–Trinajstić information content (AvgIpc) is 3.07. The van der Waals surface area contributed by atoms with Crippen molar-refractivity contribution in [1.29, 1.82) is 0 Å². The number of hydrogen-bond donors (Lipinski definition) is 0. The van der Waals surface area contributed by atoms with E-state index in [2.05, 4.69) is 0 Å². The first-order valence-electron chi connectivity index (χ1n) is 7.92. The van der Waals surface area contributed by atoms with Gasteiger partial charge < -0.3 is 4.42 Å². The number of nitrogens with zero attached hydrogens (tertiary/aromatic N) is 2. The van der Waals surface area contributed by atoms with Crippen molar-refractivity contribution in [1.82, 2.24) is 4.68 Å². The van der Waals surface area contributed by atoms with E-state index in [1.54, 1.807) is 29.0 Å². The second kappa shape index (κ2) is 6.26. The summed E-state index contributed by atoms with van der Waals surface area (Å²) in [6.45, 7) is 3.82. The van der Waals surface area contributed by atoms with Crippen molar-refractivity contribution in [3.05, 3.63) is 74.7 Å². The van der Waals surface area contributed by atoms with Crippen LogP contribution in [-0.4, -0.2) is 14.9 Å². The molecule has 1 aliphatic rings. The molecule has 7 heteroatoms. The van der Waals surface area contributed by atoms with Crippen LogP contribution in [0, 0.1) is 13.8 Å². The second-order valence-electron chi connectivity index (χ2n) is 5.95. The summed E-state index contributed by atoms with van der Waals surface area (Å²) in [5, 5.41) is 2.25. The summed E-state index contributed by atoms with van der Waals surface area (Å²) in [7, 11) is 0. The van der Waals surface area contributed by atoms with Gasteiger partial charge in [0.05, 0.1) is 10.5 Å². The number of carbonyl (C=O) groups is 1. The van der Waals surface area contributed by atoms with Crippen LogP contribution in [0.4, 0.5) is 0 Å². The topological polar surface area (TPSA) is 55.5 Å². The number of hydrogen-bond acceptors (Lipinski definition) is 5. The SMILES string of the molecule is Cc1ccc(C)n1N1C(=O)/C(=C/c2cc3ccccc3oc2=O)SC1=S. The van der Waals surface area contributed by atoms with Crippen LogP contribution in [0.15, 0.2) is 56.6 Å². The van der Waals surface area contributed by atoms with E-state index >= 15 is 0 Å². The summed E-state index contributed by atoms with van der Waals surface area (Å²) in [4.78, 5) is 25.5. The number of amides is 1. The molecular weight excluding hydrogens is 368 g/mol. The number of thiocarbonyl (C=S) groups is 1. The summed E-state index contributed by atoms with van der Waals surface area (Å²) in [5.74, 6) is -0.255. The Morgan fingerprint density at radius 1 is 1.08 bits per heavy atom. The minimum absolute atomic E-state index is 0.255. The highest BCUT2D eigenvalue weighted by molar-refractivity contribution is 8.27. The van der Waals surface area contributed by atoms with E-state index in [1.165, 1.54) is 16.8 Å². The third kappa shape index (κ3) is 2.69. The molecule has 0 unspecified atom stereocenters. The number of aromatic nitrogens is 1. The second-order valence-corrected chi connectivity index (χ2v) is 7.62. The highest BCUT2D eigenvalue weighted by Gasteiger charge is 2.35. The fraction of sp³-hybridized carbons (Fsp3) is 0.105. The Bertz CT molecular complexity index is 1140. The number of benzene rings is 1. The first-order chi connectivity index (χ1) is 12.5. The van der Waals surface area contributed by atoms with Crippen LogP contribution >= 0.6 is 24.0 Å². The van der Waals surface area contributed by atoms with Gasteiger partial charge in [0.1, 0.15) is 5.58 Å². The van der Waals surface area contributed by atoms with Gasteiger partial charge >= 0.3 is 5.63 Å². The molecule has 3 aromatic rings. The van der Waals surface area contributed by atoms with Gasteiger partial charge in [0.25, 0.3) is 5.91 Å². The molecule has 0 bridgehead atoms. The fourth-order valence-electron chi connectivity index (χ4n) is 2.93. The molecule has 1 amide bonds. The van der Waals surface area contributed by atoms with E-state index < -0.39 is 5.63 Å². The van der Waals surface area contributed by atoms with Gasteiger partial charge in [-0.3, -0.25) is 9.47 Å². The Kier molecular flexibility index (Phi) is 4.05. The Morgan fingerprint density at radius 2 is 1.77 bits per heavy atom. The highest BCUT2D eigenvalue weighted by atomic mass is 32.2. The quantitative estimate of drug-likeness (QED) is 0.384. The van der Waals surface area contributed by atoms with Crippen molar-refractivity contribution < 1.29 is 9.21 Å². The minimum atomic E-state index is -0.484. The summed E-state index contributed by atoms with van der Waals surface area (Å²) in [5.41, 5.74) is 2.17. The van der Waals surface area contributed by atoms with Gasteiger partial charge in [-0.2, -0.15) is 5.01 Å². The van der Waals surface area contributed by atoms with Crippen LogP contribution in [0.5, 0.6) is 0 Å². The van der Waals surface area contributed by atoms with Crippen molar-refractivity contribution in [3.8, 4) is 0 Å². The fourth-order valence-corrected chi connectivity index (χ4v) is 4.16. The Hall–Kier alpha value is -2.64. The zero-order chi connectivity index (χ0) is 18.4. The summed E-state index contributed by atoms with van der Waals surface area (Å²) in [6, 6.07) is 12.8. The normalized spacial score (nSPS) is 16.2. The van der Waals surface area contributed by atoms with Gasteiger partial charge in [-0.1, -0.05) is 30.0 Å². The predicted octanol–water partition coefficient (Wildman–Crippen LogP) is 3.75. The van der Waals surface area contributed by atoms with E-state index in [0.717, 1.165) is 16.8 Å². The van der Waals surface area contributed by atoms with E-state index in [4.69, 9.17) is 16.6 Å². The van der Waals surface area contributed by atoms with E-state index in [1.807, 2.05) is 38.1 Å². The zero-order valence-corrected chi connectivity index (χ0v) is 15.7. The van der Waals surface area contributed by atoms with Crippen molar-refractivity contribution in [2.45, 2.75) is 13.8 Å². The maximum atomic E-state index is 12.9. The molecule has 5 nitrogen and oxygen atoms in total. The van der Waals surface area contributed by atoms with E-state index in [9.17, 15) is 9.59 Å². The smallest absolute Gasteiger partial charge is 0.343 e. The highest BCUT2D eigenvalue weighted by Crippen LogP contribution is 2.32. The van der Waals surface area contributed by atoms with Crippen molar-refractivity contribution in [2.24, 2.45) is 0 Å². The van der Waals surface area contributed by atoms with Crippen LogP contribution in [0.25, 0.3) is 17.0 Å². The van der Waals surface area contributed by atoms with Gasteiger partial charge in [-0.05, 0) is 56.4 Å². The third-order valence-corrected chi connectivity index (χ3v) is 5.45. The maximum absolute atomic E-state index is 12.9. The molecule has 0 aliphatic carbocycles. The van der Waals surface area contributed by atoms with Crippen molar-refractivity contribution >= 4 is 51.3 Å². The lowest BCUT2D eigenvalue weighted by atomic mass is 10.2. The molecule has 1 saturated heterocycles. The summed E-state index contributed by atoms with van der Waals surface area (Å²) in [6.07, 6.45) is 1.55. The lowest BCUT2D eigenvalue weighted by Crippen LogP contribution is -2.39. The molecule has 1 fully saturated rings. The van der Waals surface area contributed by atoms with Crippen molar-refractivity contribution in [3.63, 3.8) is 0 Å². The lowest BCUT2D eigenvalue weighted by molar-refractivity contribution is -0.114. The van der Waals surface area contributed by atoms with Crippen LogP contribution in [0.1, 0.15) is 17.0 Å². The Labute approximate surface area is 158 Å². The largest absolute Gasteiger partial charge is 0.422 e. The molecule has 4 rings (SSSR count). The first kappa shape index (κ1) is 16.8. The summed E-state index contributed by atoms with van der Waals surface area (Å²) < 4.78 is 7.53. The predicted molar refractivity (Wildman–Crippen MR) is 108 cm³/mol. The number of rotatable bonds is 2. The molecule has 3 heterocycles. The number of fused-ring (bicyclic) bond motifs is 1. The Morgan fingerprint density at radius 3 is 2.50 bits per heavy atom. The van der Waals surface area contributed by atoms with Gasteiger partial charge in [0.15, 0.2) is 4.32 Å². The first-order valence-corrected chi connectivity index (χ1v) is 9.14. The van der Waals surface area contributed by atoms with Crippen molar-refractivity contribution in [2.75, 3.05) is 5.01 Å². The number of carbonyl (C=O) groups excluding carboxylic acids is 1. The zero-order valence-electron chi connectivity index (χ0n) is 14.1. The lowest BCUT2D eigenvalue weighted by Gasteiger charge is -2.20. The molecule has 0 radical (unpaired) electrons. The number of aryl methyl sites for hydroxylation is 2. The Balaban J connectivity index is 1.78. The average molecular weight is 382 g/mol. The molecule has 1 aliphatic heterocycles. The number of para-hydroxylation sites is 1. The molecule has 2 aromatic heterocycles. The monoisotopic (exact) mass is 382 g/mol. The van der Waals surface area contributed by atoms with E-state index in [-0.39, 0.29) is 5.91 Å². The molecule has 130 valence electrons. The molecule has 1 aromatic carbocycles. The van der Waals surface area contributed by atoms with E-state index in [0.29, 0.717) is 20.4 Å². The molecular formula is C19H14N2O3S2. The standard InChI is InChI=1S/C19H14N2O3S2/c1-11-7-8-12(2)20(11)21-17(22)16(26-19(21)25)10-14-9-13-5-3-4-6-15(13)24-18(14)23/h3-10H,1-2H3/b16-10-. The molecule has 0 atom stereocenters. The number of thioether (sulfide) groups is 1. The molecule has 0 saturated carbocycles. The minimum Gasteiger partial charge on any atom is -0.422 e. The van der Waals surface area contributed by atoms with Gasteiger partial charge in [-0.15, -0.1) is 0 Å². The summed E-state index contributed by atoms with van der Waals surface area (Å²) >= 11 is 6.57. The van der Waals surface area contributed by atoms with Crippen LogP contribution < -0.4 is 10.6 Å². The maximum Gasteiger partial charge on any atom is 0.343 e. The van der Waals surface area contributed by atoms with Crippen LogP contribution in [0.2, 0.25) is 0 Å².